The fourth-order valence-corrected chi connectivity index (χ4v) is 2.32. The molecule has 0 saturated heterocycles. The SMILES string of the molecule is CCCCOc1cccc(NC(=O)c2ccc(OCCC(C)C)cc2)c1. The van der Waals surface area contributed by atoms with Crippen LogP contribution in [0.1, 0.15) is 50.4 Å². The predicted molar refractivity (Wildman–Crippen MR) is 106 cm³/mol. The van der Waals surface area contributed by atoms with E-state index in [4.69, 9.17) is 9.47 Å². The van der Waals surface area contributed by atoms with Crippen LogP contribution < -0.4 is 14.8 Å². The Morgan fingerprint density at radius 3 is 2.42 bits per heavy atom. The fourth-order valence-electron chi connectivity index (χ4n) is 2.32. The van der Waals surface area contributed by atoms with Crippen LogP contribution >= 0.6 is 0 Å². The third kappa shape index (κ3) is 6.79. The highest BCUT2D eigenvalue weighted by Gasteiger charge is 2.07. The highest BCUT2D eigenvalue weighted by atomic mass is 16.5. The molecule has 4 nitrogen and oxygen atoms in total. The molecule has 0 aliphatic heterocycles. The molecule has 0 fully saturated rings. The number of anilines is 1. The van der Waals surface area contributed by atoms with E-state index in [1.807, 2.05) is 36.4 Å². The summed E-state index contributed by atoms with van der Waals surface area (Å²) in [6.07, 6.45) is 3.12. The Morgan fingerprint density at radius 2 is 1.73 bits per heavy atom. The van der Waals surface area contributed by atoms with E-state index in [2.05, 4.69) is 26.1 Å². The van der Waals surface area contributed by atoms with Crippen molar-refractivity contribution in [3.05, 3.63) is 54.1 Å². The standard InChI is InChI=1S/C22H29NO3/c1-4-5-14-25-21-8-6-7-19(16-21)23-22(24)18-9-11-20(12-10-18)26-15-13-17(2)3/h6-12,16-17H,4-5,13-15H2,1-3H3,(H,23,24). The van der Waals surface area contributed by atoms with Crippen LogP contribution in [-0.4, -0.2) is 19.1 Å². The largest absolute Gasteiger partial charge is 0.494 e. The molecule has 0 aromatic heterocycles. The van der Waals surface area contributed by atoms with Crippen LogP contribution in [0.3, 0.4) is 0 Å². The van der Waals surface area contributed by atoms with Gasteiger partial charge in [-0.25, -0.2) is 0 Å². The molecule has 2 aromatic rings. The van der Waals surface area contributed by atoms with E-state index in [9.17, 15) is 4.79 Å². The summed E-state index contributed by atoms with van der Waals surface area (Å²) in [5.41, 5.74) is 1.32. The smallest absolute Gasteiger partial charge is 0.255 e. The lowest BCUT2D eigenvalue weighted by molar-refractivity contribution is 0.102. The van der Waals surface area contributed by atoms with Crippen LogP contribution in [0.25, 0.3) is 0 Å². The molecule has 0 aliphatic carbocycles. The summed E-state index contributed by atoms with van der Waals surface area (Å²) >= 11 is 0. The minimum absolute atomic E-state index is 0.149. The van der Waals surface area contributed by atoms with Crippen molar-refractivity contribution in [3.8, 4) is 11.5 Å². The average Bonchev–Trinajstić information content (AvgIpc) is 2.62. The summed E-state index contributed by atoms with van der Waals surface area (Å²) in [7, 11) is 0. The Labute approximate surface area is 156 Å². The Balaban J connectivity index is 1.90. The topological polar surface area (TPSA) is 47.6 Å². The molecular weight excluding hydrogens is 326 g/mol. The number of carbonyl (C=O) groups is 1. The van der Waals surface area contributed by atoms with E-state index in [0.717, 1.165) is 36.4 Å². The zero-order valence-corrected chi connectivity index (χ0v) is 16.0. The average molecular weight is 355 g/mol. The molecule has 140 valence electrons. The first-order chi connectivity index (χ1) is 12.6. The van der Waals surface area contributed by atoms with E-state index in [0.29, 0.717) is 24.7 Å². The molecule has 0 bridgehead atoms. The number of unbranched alkanes of at least 4 members (excludes halogenated alkanes) is 1. The third-order valence-electron chi connectivity index (χ3n) is 3.94. The van der Waals surface area contributed by atoms with Crippen LogP contribution in [-0.2, 0) is 0 Å². The normalized spacial score (nSPS) is 10.6. The second-order valence-corrected chi connectivity index (χ2v) is 6.74. The maximum atomic E-state index is 12.4. The van der Waals surface area contributed by atoms with Gasteiger partial charge in [0.15, 0.2) is 0 Å². The van der Waals surface area contributed by atoms with E-state index in [1.54, 1.807) is 12.1 Å². The Bertz CT molecular complexity index is 680. The molecular formula is C22H29NO3. The summed E-state index contributed by atoms with van der Waals surface area (Å²) < 4.78 is 11.4. The van der Waals surface area contributed by atoms with Gasteiger partial charge < -0.3 is 14.8 Å². The number of amides is 1. The van der Waals surface area contributed by atoms with Crippen LogP contribution in [0.2, 0.25) is 0 Å². The number of hydrogen-bond donors (Lipinski definition) is 1. The van der Waals surface area contributed by atoms with Gasteiger partial charge in [0.05, 0.1) is 13.2 Å². The van der Waals surface area contributed by atoms with Crippen molar-refractivity contribution in [1.82, 2.24) is 0 Å². The lowest BCUT2D eigenvalue weighted by Crippen LogP contribution is -2.12. The number of hydrogen-bond acceptors (Lipinski definition) is 3. The molecule has 2 rings (SSSR count). The first kappa shape index (κ1) is 19.8. The van der Waals surface area contributed by atoms with Gasteiger partial charge in [-0.3, -0.25) is 4.79 Å². The molecule has 4 heteroatoms. The molecule has 0 saturated carbocycles. The number of rotatable bonds is 10. The fraction of sp³-hybridized carbons (Fsp3) is 0.409. The van der Waals surface area contributed by atoms with Gasteiger partial charge in [-0.05, 0) is 55.2 Å². The first-order valence-electron chi connectivity index (χ1n) is 9.35. The Morgan fingerprint density at radius 1 is 1.00 bits per heavy atom. The maximum Gasteiger partial charge on any atom is 0.255 e. The number of benzene rings is 2. The van der Waals surface area contributed by atoms with Gasteiger partial charge in [-0.2, -0.15) is 0 Å². The predicted octanol–water partition coefficient (Wildman–Crippen LogP) is 5.54. The van der Waals surface area contributed by atoms with Crippen molar-refractivity contribution in [3.63, 3.8) is 0 Å². The quantitative estimate of drug-likeness (QED) is 0.569. The molecule has 0 aliphatic rings. The van der Waals surface area contributed by atoms with E-state index in [1.165, 1.54) is 0 Å². The van der Waals surface area contributed by atoms with Crippen molar-refractivity contribution >= 4 is 11.6 Å². The van der Waals surface area contributed by atoms with E-state index < -0.39 is 0 Å². The summed E-state index contributed by atoms with van der Waals surface area (Å²) in [4.78, 5) is 12.4. The first-order valence-corrected chi connectivity index (χ1v) is 9.35. The van der Waals surface area contributed by atoms with Gasteiger partial charge in [0.1, 0.15) is 11.5 Å². The van der Waals surface area contributed by atoms with E-state index in [-0.39, 0.29) is 5.91 Å². The summed E-state index contributed by atoms with van der Waals surface area (Å²) in [6.45, 7) is 7.84. The monoisotopic (exact) mass is 355 g/mol. The van der Waals surface area contributed by atoms with Crippen LogP contribution in [0.5, 0.6) is 11.5 Å². The summed E-state index contributed by atoms with van der Waals surface area (Å²) in [6, 6.07) is 14.7. The lowest BCUT2D eigenvalue weighted by Gasteiger charge is -2.10. The summed E-state index contributed by atoms with van der Waals surface area (Å²) in [5.74, 6) is 2.02. The molecule has 0 radical (unpaired) electrons. The minimum atomic E-state index is -0.149. The second-order valence-electron chi connectivity index (χ2n) is 6.74. The van der Waals surface area contributed by atoms with Crippen molar-refractivity contribution < 1.29 is 14.3 Å². The molecule has 0 unspecified atom stereocenters. The lowest BCUT2D eigenvalue weighted by atomic mass is 10.1. The molecule has 0 heterocycles. The Hall–Kier alpha value is -2.49. The summed E-state index contributed by atoms with van der Waals surface area (Å²) in [5, 5.41) is 2.91. The zero-order valence-electron chi connectivity index (χ0n) is 16.0. The third-order valence-corrected chi connectivity index (χ3v) is 3.94. The zero-order chi connectivity index (χ0) is 18.8. The number of nitrogens with one attached hydrogen (secondary N) is 1. The van der Waals surface area contributed by atoms with Gasteiger partial charge in [0.25, 0.3) is 5.91 Å². The van der Waals surface area contributed by atoms with Crippen molar-refractivity contribution in [2.45, 2.75) is 40.0 Å². The van der Waals surface area contributed by atoms with Gasteiger partial charge in [-0.1, -0.05) is 33.3 Å². The molecule has 26 heavy (non-hydrogen) atoms. The van der Waals surface area contributed by atoms with Crippen molar-refractivity contribution in [2.24, 2.45) is 5.92 Å². The van der Waals surface area contributed by atoms with E-state index >= 15 is 0 Å². The van der Waals surface area contributed by atoms with Gasteiger partial charge in [0.2, 0.25) is 0 Å². The van der Waals surface area contributed by atoms with Crippen LogP contribution in [0.4, 0.5) is 5.69 Å². The molecule has 0 spiro atoms. The number of ether oxygens (including phenoxy) is 2. The number of carbonyl (C=O) groups excluding carboxylic acids is 1. The van der Waals surface area contributed by atoms with Crippen molar-refractivity contribution in [2.75, 3.05) is 18.5 Å². The highest BCUT2D eigenvalue weighted by Crippen LogP contribution is 2.19. The van der Waals surface area contributed by atoms with Gasteiger partial charge in [-0.15, -0.1) is 0 Å². The van der Waals surface area contributed by atoms with Gasteiger partial charge in [0, 0.05) is 17.3 Å². The minimum Gasteiger partial charge on any atom is -0.494 e. The molecule has 1 N–H and O–H groups in total. The van der Waals surface area contributed by atoms with Crippen LogP contribution in [0, 0.1) is 5.92 Å². The maximum absolute atomic E-state index is 12.4. The molecule has 2 aromatic carbocycles. The van der Waals surface area contributed by atoms with Crippen LogP contribution in [0.15, 0.2) is 48.5 Å². The highest BCUT2D eigenvalue weighted by molar-refractivity contribution is 6.04. The Kier molecular flexibility index (Phi) is 8.00. The molecule has 0 atom stereocenters. The molecule has 1 amide bonds. The second kappa shape index (κ2) is 10.5. The van der Waals surface area contributed by atoms with Crippen molar-refractivity contribution in [1.29, 1.82) is 0 Å². The van der Waals surface area contributed by atoms with Gasteiger partial charge >= 0.3 is 0 Å².